The van der Waals surface area contributed by atoms with Crippen molar-refractivity contribution in [3.8, 4) is 0 Å². The topological polar surface area (TPSA) is 76.0 Å². The molecule has 0 unspecified atom stereocenters. The third kappa shape index (κ3) is 4.00. The molecule has 2 aromatic heterocycles. The SMILES string of the molecule is C[C@@H](NC(=O)c1cccs1)C(=O)N[C@@H](c1ccccc1)c1nccn1C. The Hall–Kier alpha value is -2.93. The zero-order chi connectivity index (χ0) is 18.5. The van der Waals surface area contributed by atoms with E-state index >= 15 is 0 Å². The molecule has 3 rings (SSSR count). The quantitative estimate of drug-likeness (QED) is 0.702. The molecular formula is C19H20N4O2S. The minimum Gasteiger partial charge on any atom is -0.340 e. The normalized spacial score (nSPS) is 13.0. The number of nitrogens with zero attached hydrogens (tertiary/aromatic N) is 2. The van der Waals surface area contributed by atoms with Crippen LogP contribution >= 0.6 is 11.3 Å². The highest BCUT2D eigenvalue weighted by Crippen LogP contribution is 2.20. The van der Waals surface area contributed by atoms with E-state index in [0.29, 0.717) is 4.88 Å². The van der Waals surface area contributed by atoms with Gasteiger partial charge < -0.3 is 15.2 Å². The smallest absolute Gasteiger partial charge is 0.261 e. The van der Waals surface area contributed by atoms with Crippen molar-refractivity contribution < 1.29 is 9.59 Å². The number of rotatable bonds is 6. The van der Waals surface area contributed by atoms with Crippen LogP contribution < -0.4 is 10.6 Å². The van der Waals surface area contributed by atoms with Gasteiger partial charge in [-0.2, -0.15) is 0 Å². The van der Waals surface area contributed by atoms with Gasteiger partial charge in [-0.3, -0.25) is 9.59 Å². The van der Waals surface area contributed by atoms with E-state index in [1.54, 1.807) is 25.3 Å². The molecular weight excluding hydrogens is 348 g/mol. The van der Waals surface area contributed by atoms with Crippen molar-refractivity contribution >= 4 is 23.2 Å². The number of aryl methyl sites for hydroxylation is 1. The summed E-state index contributed by atoms with van der Waals surface area (Å²) >= 11 is 1.34. The highest BCUT2D eigenvalue weighted by molar-refractivity contribution is 7.12. The summed E-state index contributed by atoms with van der Waals surface area (Å²) in [5.74, 6) is 0.198. The second-order valence-corrected chi connectivity index (χ2v) is 6.87. The lowest BCUT2D eigenvalue weighted by Crippen LogP contribution is -2.46. The van der Waals surface area contributed by atoms with E-state index in [0.717, 1.165) is 11.4 Å². The summed E-state index contributed by atoms with van der Waals surface area (Å²) in [5, 5.41) is 7.55. The van der Waals surface area contributed by atoms with Crippen LogP contribution in [-0.4, -0.2) is 27.4 Å². The number of imidazole rings is 1. The number of nitrogens with one attached hydrogen (secondary N) is 2. The maximum atomic E-state index is 12.7. The lowest BCUT2D eigenvalue weighted by atomic mass is 10.1. The Labute approximate surface area is 155 Å². The molecule has 6 nitrogen and oxygen atoms in total. The van der Waals surface area contributed by atoms with E-state index in [9.17, 15) is 9.59 Å². The number of amides is 2. The molecule has 134 valence electrons. The van der Waals surface area contributed by atoms with E-state index in [1.165, 1.54) is 11.3 Å². The molecule has 0 saturated carbocycles. The van der Waals surface area contributed by atoms with Gasteiger partial charge in [-0.25, -0.2) is 4.98 Å². The summed E-state index contributed by atoms with van der Waals surface area (Å²) in [6.45, 7) is 1.67. The monoisotopic (exact) mass is 368 g/mol. The van der Waals surface area contributed by atoms with Crippen LogP contribution in [0.2, 0.25) is 0 Å². The van der Waals surface area contributed by atoms with Crippen molar-refractivity contribution in [1.82, 2.24) is 20.2 Å². The molecule has 2 N–H and O–H groups in total. The molecule has 0 aliphatic carbocycles. The highest BCUT2D eigenvalue weighted by atomic mass is 32.1. The zero-order valence-corrected chi connectivity index (χ0v) is 15.4. The largest absolute Gasteiger partial charge is 0.340 e. The first-order chi connectivity index (χ1) is 12.6. The molecule has 0 saturated heterocycles. The van der Waals surface area contributed by atoms with Gasteiger partial charge in [0.25, 0.3) is 5.91 Å². The van der Waals surface area contributed by atoms with Crippen molar-refractivity contribution in [2.75, 3.05) is 0 Å². The summed E-state index contributed by atoms with van der Waals surface area (Å²) in [4.78, 5) is 29.8. The number of hydrogen-bond acceptors (Lipinski definition) is 4. The van der Waals surface area contributed by atoms with Crippen molar-refractivity contribution in [1.29, 1.82) is 0 Å². The summed E-state index contributed by atoms with van der Waals surface area (Å²) in [6.07, 6.45) is 3.53. The van der Waals surface area contributed by atoms with E-state index in [-0.39, 0.29) is 11.8 Å². The van der Waals surface area contributed by atoms with E-state index in [1.807, 2.05) is 53.5 Å². The molecule has 0 fully saturated rings. The predicted molar refractivity (Wildman–Crippen MR) is 101 cm³/mol. The third-order valence-corrected chi connectivity index (χ3v) is 4.89. The first-order valence-electron chi connectivity index (χ1n) is 8.23. The molecule has 0 spiro atoms. The van der Waals surface area contributed by atoms with Crippen molar-refractivity contribution in [3.05, 3.63) is 76.5 Å². The number of carbonyl (C=O) groups is 2. The van der Waals surface area contributed by atoms with Gasteiger partial charge in [0.05, 0.1) is 4.88 Å². The second-order valence-electron chi connectivity index (χ2n) is 5.92. The van der Waals surface area contributed by atoms with Crippen LogP contribution in [0.4, 0.5) is 0 Å². The van der Waals surface area contributed by atoms with Crippen LogP contribution in [0.5, 0.6) is 0 Å². The minimum absolute atomic E-state index is 0.254. The molecule has 0 aliphatic rings. The predicted octanol–water partition coefficient (Wildman–Crippen LogP) is 2.51. The summed E-state index contributed by atoms with van der Waals surface area (Å²) in [6, 6.07) is 12.1. The Balaban J connectivity index is 1.75. The van der Waals surface area contributed by atoms with E-state index < -0.39 is 12.1 Å². The van der Waals surface area contributed by atoms with Crippen LogP contribution in [0.3, 0.4) is 0 Å². The Kier molecular flexibility index (Phi) is 5.48. The highest BCUT2D eigenvalue weighted by Gasteiger charge is 2.24. The van der Waals surface area contributed by atoms with Crippen LogP contribution in [0.1, 0.15) is 34.0 Å². The fourth-order valence-corrected chi connectivity index (χ4v) is 3.23. The molecule has 2 heterocycles. The van der Waals surface area contributed by atoms with Crippen molar-refractivity contribution in [2.45, 2.75) is 19.0 Å². The maximum absolute atomic E-state index is 12.7. The van der Waals surface area contributed by atoms with E-state index in [4.69, 9.17) is 0 Å². The summed E-state index contributed by atoms with van der Waals surface area (Å²) in [7, 11) is 1.88. The van der Waals surface area contributed by atoms with Gasteiger partial charge in [-0.1, -0.05) is 36.4 Å². The van der Waals surface area contributed by atoms with Crippen LogP contribution in [0.15, 0.2) is 60.2 Å². The zero-order valence-electron chi connectivity index (χ0n) is 14.5. The van der Waals surface area contributed by atoms with Crippen molar-refractivity contribution in [3.63, 3.8) is 0 Å². The maximum Gasteiger partial charge on any atom is 0.261 e. The first kappa shape index (κ1) is 17.9. The lowest BCUT2D eigenvalue weighted by Gasteiger charge is -2.22. The average Bonchev–Trinajstić information content (AvgIpc) is 3.32. The molecule has 7 heteroatoms. The number of carbonyl (C=O) groups excluding carboxylic acids is 2. The van der Waals surface area contributed by atoms with Crippen molar-refractivity contribution in [2.24, 2.45) is 7.05 Å². The van der Waals surface area contributed by atoms with Gasteiger partial charge in [-0.15, -0.1) is 11.3 Å². The fourth-order valence-electron chi connectivity index (χ4n) is 2.61. The minimum atomic E-state index is -0.670. The summed E-state index contributed by atoms with van der Waals surface area (Å²) < 4.78 is 1.87. The van der Waals surface area contributed by atoms with Crippen LogP contribution in [-0.2, 0) is 11.8 Å². The number of hydrogen-bond donors (Lipinski definition) is 2. The molecule has 2 amide bonds. The average molecular weight is 368 g/mol. The fraction of sp³-hybridized carbons (Fsp3) is 0.211. The molecule has 3 aromatic rings. The Morgan fingerprint density at radius 1 is 1.12 bits per heavy atom. The molecule has 2 atom stereocenters. The molecule has 0 aliphatic heterocycles. The molecule has 1 aromatic carbocycles. The Morgan fingerprint density at radius 2 is 1.88 bits per heavy atom. The van der Waals surface area contributed by atoms with Gasteiger partial charge in [0.15, 0.2) is 0 Å². The van der Waals surface area contributed by atoms with E-state index in [2.05, 4.69) is 15.6 Å². The molecule has 0 radical (unpaired) electrons. The van der Waals surface area contributed by atoms with Gasteiger partial charge in [0, 0.05) is 19.4 Å². The van der Waals surface area contributed by atoms with Gasteiger partial charge in [0.2, 0.25) is 5.91 Å². The summed E-state index contributed by atoms with van der Waals surface area (Å²) in [5.41, 5.74) is 0.923. The van der Waals surface area contributed by atoms with Gasteiger partial charge in [-0.05, 0) is 23.9 Å². The number of thiophene rings is 1. The Morgan fingerprint density at radius 3 is 2.50 bits per heavy atom. The standard InChI is InChI=1S/C19H20N4O2S/c1-13(21-19(25)15-9-6-12-26-15)18(24)22-16(14-7-4-3-5-8-14)17-20-10-11-23(17)2/h3-13,16H,1-2H3,(H,21,25)(H,22,24)/t13-,16+/m1/s1. The van der Waals surface area contributed by atoms with Crippen LogP contribution in [0, 0.1) is 0 Å². The van der Waals surface area contributed by atoms with Gasteiger partial charge in [0.1, 0.15) is 17.9 Å². The lowest BCUT2D eigenvalue weighted by molar-refractivity contribution is -0.123. The molecule has 0 bridgehead atoms. The number of benzene rings is 1. The Bertz CT molecular complexity index is 874. The molecule has 26 heavy (non-hydrogen) atoms. The number of aromatic nitrogens is 2. The second kappa shape index (κ2) is 7.97. The first-order valence-corrected chi connectivity index (χ1v) is 9.11. The van der Waals surface area contributed by atoms with Gasteiger partial charge >= 0.3 is 0 Å². The van der Waals surface area contributed by atoms with Crippen LogP contribution in [0.25, 0.3) is 0 Å². The third-order valence-electron chi connectivity index (χ3n) is 4.02.